The maximum atomic E-state index is 11.8. The molecule has 1 aliphatic rings. The van der Waals surface area contributed by atoms with E-state index in [-0.39, 0.29) is 12.3 Å². The summed E-state index contributed by atoms with van der Waals surface area (Å²) in [6, 6.07) is 0.543. The zero-order chi connectivity index (χ0) is 12.8. The second kappa shape index (κ2) is 6.59. The molecule has 1 amide bonds. The summed E-state index contributed by atoms with van der Waals surface area (Å²) in [5, 5.41) is 0. The number of hydrogen-bond acceptors (Lipinski definition) is 4. The van der Waals surface area contributed by atoms with Crippen LogP contribution in [0, 0.1) is 0 Å². The molecule has 5 nitrogen and oxygen atoms in total. The van der Waals surface area contributed by atoms with Crippen LogP contribution in [0.5, 0.6) is 0 Å². The SMILES string of the molecule is CCOC(=O)CC(=O)N1CCC(N(C)C)CC1. The van der Waals surface area contributed by atoms with E-state index >= 15 is 0 Å². The highest BCUT2D eigenvalue weighted by Crippen LogP contribution is 2.14. The molecule has 0 aromatic heterocycles. The molecule has 0 spiro atoms. The third-order valence-electron chi connectivity index (χ3n) is 3.15. The minimum Gasteiger partial charge on any atom is -0.466 e. The summed E-state index contributed by atoms with van der Waals surface area (Å²) in [6.07, 6.45) is 1.82. The Morgan fingerprint density at radius 1 is 1.29 bits per heavy atom. The molecule has 1 rings (SSSR count). The van der Waals surface area contributed by atoms with Crippen LogP contribution in [0.2, 0.25) is 0 Å². The van der Waals surface area contributed by atoms with Gasteiger partial charge in [0.05, 0.1) is 6.61 Å². The summed E-state index contributed by atoms with van der Waals surface area (Å²) in [6.45, 7) is 3.54. The lowest BCUT2D eigenvalue weighted by molar-refractivity contribution is -0.149. The Kier molecular flexibility index (Phi) is 5.41. The number of nitrogens with zero attached hydrogens (tertiary/aromatic N) is 2. The lowest BCUT2D eigenvalue weighted by atomic mass is 10.0. The molecular weight excluding hydrogens is 220 g/mol. The van der Waals surface area contributed by atoms with Crippen molar-refractivity contribution in [1.29, 1.82) is 0 Å². The summed E-state index contributed by atoms with van der Waals surface area (Å²) in [7, 11) is 4.11. The molecule has 1 fully saturated rings. The predicted octanol–water partition coefficient (Wildman–Crippen LogP) is 0.492. The first kappa shape index (κ1) is 14.0. The Labute approximate surface area is 103 Å². The maximum absolute atomic E-state index is 11.8. The van der Waals surface area contributed by atoms with Gasteiger partial charge in [0, 0.05) is 19.1 Å². The van der Waals surface area contributed by atoms with Gasteiger partial charge in [-0.1, -0.05) is 0 Å². The van der Waals surface area contributed by atoms with Gasteiger partial charge in [-0.3, -0.25) is 9.59 Å². The summed E-state index contributed by atoms with van der Waals surface area (Å²) in [4.78, 5) is 26.9. The zero-order valence-corrected chi connectivity index (χ0v) is 10.9. The van der Waals surface area contributed by atoms with Crippen molar-refractivity contribution < 1.29 is 14.3 Å². The summed E-state index contributed by atoms with van der Waals surface area (Å²) in [5.74, 6) is -0.534. The number of amides is 1. The van der Waals surface area contributed by atoms with Gasteiger partial charge >= 0.3 is 5.97 Å². The van der Waals surface area contributed by atoms with Gasteiger partial charge in [-0.15, -0.1) is 0 Å². The number of carbonyl (C=O) groups is 2. The molecule has 1 aliphatic heterocycles. The second-order valence-electron chi connectivity index (χ2n) is 4.56. The molecule has 5 heteroatoms. The van der Waals surface area contributed by atoms with E-state index in [4.69, 9.17) is 4.74 Å². The van der Waals surface area contributed by atoms with Crippen LogP contribution in [-0.4, -0.2) is 61.5 Å². The van der Waals surface area contributed by atoms with Crippen LogP contribution in [0.25, 0.3) is 0 Å². The van der Waals surface area contributed by atoms with Crippen molar-refractivity contribution in [2.45, 2.75) is 32.2 Å². The number of esters is 1. The van der Waals surface area contributed by atoms with E-state index in [0.29, 0.717) is 12.6 Å². The molecule has 0 atom stereocenters. The van der Waals surface area contributed by atoms with Gasteiger partial charge in [-0.2, -0.15) is 0 Å². The van der Waals surface area contributed by atoms with Gasteiger partial charge in [0.2, 0.25) is 5.91 Å². The number of ether oxygens (including phenoxy) is 1. The van der Waals surface area contributed by atoms with E-state index in [1.54, 1.807) is 11.8 Å². The molecule has 0 N–H and O–H groups in total. The third-order valence-corrected chi connectivity index (χ3v) is 3.15. The fourth-order valence-corrected chi connectivity index (χ4v) is 2.08. The molecule has 0 bridgehead atoms. The Bertz CT molecular complexity index is 271. The second-order valence-corrected chi connectivity index (χ2v) is 4.56. The molecule has 0 aromatic carbocycles. The average Bonchev–Trinajstić information content (AvgIpc) is 2.29. The summed E-state index contributed by atoms with van der Waals surface area (Å²) in [5.41, 5.74) is 0. The normalized spacial score (nSPS) is 17.3. The van der Waals surface area contributed by atoms with Gasteiger partial charge in [0.25, 0.3) is 0 Å². The molecule has 17 heavy (non-hydrogen) atoms. The molecule has 1 heterocycles. The predicted molar refractivity (Wildman–Crippen MR) is 64.5 cm³/mol. The molecule has 98 valence electrons. The Hall–Kier alpha value is -1.10. The van der Waals surface area contributed by atoms with Crippen molar-refractivity contribution in [1.82, 2.24) is 9.80 Å². The van der Waals surface area contributed by atoms with Crippen LogP contribution in [0.4, 0.5) is 0 Å². The van der Waals surface area contributed by atoms with Crippen molar-refractivity contribution in [2.24, 2.45) is 0 Å². The molecule has 0 saturated carbocycles. The molecule has 1 saturated heterocycles. The minimum atomic E-state index is -0.424. The molecular formula is C12H22N2O3. The first-order chi connectivity index (χ1) is 8.04. The van der Waals surface area contributed by atoms with Crippen molar-refractivity contribution >= 4 is 11.9 Å². The van der Waals surface area contributed by atoms with Crippen LogP contribution in [-0.2, 0) is 14.3 Å². The van der Waals surface area contributed by atoms with Crippen LogP contribution >= 0.6 is 0 Å². The topological polar surface area (TPSA) is 49.9 Å². The average molecular weight is 242 g/mol. The van der Waals surface area contributed by atoms with Gasteiger partial charge in [-0.05, 0) is 33.9 Å². The fraction of sp³-hybridized carbons (Fsp3) is 0.833. The third kappa shape index (κ3) is 4.34. The number of likely N-dealkylation sites (tertiary alicyclic amines) is 1. The van der Waals surface area contributed by atoms with E-state index in [9.17, 15) is 9.59 Å². The van der Waals surface area contributed by atoms with Gasteiger partial charge in [0.15, 0.2) is 0 Å². The van der Waals surface area contributed by atoms with Gasteiger partial charge in [0.1, 0.15) is 6.42 Å². The monoisotopic (exact) mass is 242 g/mol. The van der Waals surface area contributed by atoms with Crippen LogP contribution in [0.3, 0.4) is 0 Å². The maximum Gasteiger partial charge on any atom is 0.315 e. The van der Waals surface area contributed by atoms with Gasteiger partial charge in [-0.25, -0.2) is 0 Å². The lowest BCUT2D eigenvalue weighted by Gasteiger charge is -2.35. The van der Waals surface area contributed by atoms with E-state index in [1.165, 1.54) is 0 Å². The minimum absolute atomic E-state index is 0.111. The number of piperidine rings is 1. The van der Waals surface area contributed by atoms with Gasteiger partial charge < -0.3 is 14.5 Å². The van der Waals surface area contributed by atoms with Crippen molar-refractivity contribution in [3.63, 3.8) is 0 Å². The highest BCUT2D eigenvalue weighted by atomic mass is 16.5. The van der Waals surface area contributed by atoms with Crippen molar-refractivity contribution in [3.8, 4) is 0 Å². The van der Waals surface area contributed by atoms with E-state index < -0.39 is 5.97 Å². The number of hydrogen-bond donors (Lipinski definition) is 0. The Balaban J connectivity index is 2.33. The highest BCUT2D eigenvalue weighted by Gasteiger charge is 2.25. The van der Waals surface area contributed by atoms with Crippen LogP contribution in [0.1, 0.15) is 26.2 Å². The zero-order valence-electron chi connectivity index (χ0n) is 10.9. The number of carbonyl (C=O) groups excluding carboxylic acids is 2. The van der Waals surface area contributed by atoms with Crippen molar-refractivity contribution in [3.05, 3.63) is 0 Å². The highest BCUT2D eigenvalue weighted by molar-refractivity contribution is 5.94. The molecule has 0 aliphatic carbocycles. The molecule has 0 aromatic rings. The summed E-state index contributed by atoms with van der Waals surface area (Å²) >= 11 is 0. The van der Waals surface area contributed by atoms with E-state index in [1.807, 2.05) is 0 Å². The fourth-order valence-electron chi connectivity index (χ4n) is 2.08. The molecule has 0 unspecified atom stereocenters. The summed E-state index contributed by atoms with van der Waals surface area (Å²) < 4.78 is 4.77. The van der Waals surface area contributed by atoms with Crippen LogP contribution < -0.4 is 0 Å². The van der Waals surface area contributed by atoms with E-state index in [2.05, 4.69) is 19.0 Å². The Morgan fingerprint density at radius 3 is 2.35 bits per heavy atom. The van der Waals surface area contributed by atoms with E-state index in [0.717, 1.165) is 25.9 Å². The molecule has 0 radical (unpaired) electrons. The van der Waals surface area contributed by atoms with Crippen LogP contribution in [0.15, 0.2) is 0 Å². The standard InChI is InChI=1S/C12H22N2O3/c1-4-17-12(16)9-11(15)14-7-5-10(6-8-14)13(2)3/h10H,4-9H2,1-3H3. The Morgan fingerprint density at radius 2 is 1.88 bits per heavy atom. The first-order valence-electron chi connectivity index (χ1n) is 6.14. The quantitative estimate of drug-likeness (QED) is 0.532. The lowest BCUT2D eigenvalue weighted by Crippen LogP contribution is -2.45. The van der Waals surface area contributed by atoms with Crippen molar-refractivity contribution in [2.75, 3.05) is 33.8 Å². The largest absolute Gasteiger partial charge is 0.466 e. The first-order valence-corrected chi connectivity index (χ1v) is 6.14. The number of rotatable bonds is 4. The smallest absolute Gasteiger partial charge is 0.315 e.